The van der Waals surface area contributed by atoms with Crippen LogP contribution >= 0.6 is 11.3 Å². The van der Waals surface area contributed by atoms with Gasteiger partial charge in [0.15, 0.2) is 5.43 Å². The molecule has 1 unspecified atom stereocenters. The molecule has 1 aliphatic rings. The molecule has 0 radical (unpaired) electrons. The van der Waals surface area contributed by atoms with Crippen LogP contribution in [0.4, 0.5) is 5.13 Å². The number of fused-ring (bicyclic) bond motifs is 2. The third kappa shape index (κ3) is 2.80. The van der Waals surface area contributed by atoms with Gasteiger partial charge in [0.2, 0.25) is 10.9 Å². The number of aromatic nitrogens is 2. The molecule has 0 saturated carbocycles. The van der Waals surface area contributed by atoms with E-state index in [1.807, 2.05) is 38.1 Å². The molecule has 150 valence electrons. The second-order valence-electron chi connectivity index (χ2n) is 6.85. The fourth-order valence-corrected chi connectivity index (χ4v) is 4.44. The summed E-state index contributed by atoms with van der Waals surface area (Å²) in [6.07, 6.45) is 0. The van der Waals surface area contributed by atoms with Gasteiger partial charge >= 0.3 is 0 Å². The Labute approximate surface area is 175 Å². The molecule has 0 bridgehead atoms. The fourth-order valence-electron chi connectivity index (χ4n) is 3.73. The van der Waals surface area contributed by atoms with E-state index in [4.69, 9.17) is 9.15 Å². The van der Waals surface area contributed by atoms with Gasteiger partial charge in [-0.15, -0.1) is 10.2 Å². The number of nitrogens with zero attached hydrogens (tertiary/aromatic N) is 3. The molecular formula is C22H17N3O4S. The summed E-state index contributed by atoms with van der Waals surface area (Å²) < 4.78 is 11.4. The number of aryl methyl sites for hydroxylation is 1. The summed E-state index contributed by atoms with van der Waals surface area (Å²) in [4.78, 5) is 28.3. The predicted octanol–water partition coefficient (Wildman–Crippen LogP) is 4.10. The lowest BCUT2D eigenvalue weighted by atomic mass is 9.98. The van der Waals surface area contributed by atoms with Crippen LogP contribution in [-0.4, -0.2) is 22.7 Å². The molecule has 8 heteroatoms. The molecule has 0 saturated heterocycles. The van der Waals surface area contributed by atoms with Crippen LogP contribution in [0.25, 0.3) is 11.0 Å². The summed E-state index contributed by atoms with van der Waals surface area (Å²) in [6, 6.07) is 13.7. The summed E-state index contributed by atoms with van der Waals surface area (Å²) in [5.74, 6) is 0.364. The summed E-state index contributed by atoms with van der Waals surface area (Å²) in [6.45, 7) is 4.28. The molecule has 1 amide bonds. The number of anilines is 1. The first-order chi connectivity index (χ1) is 14.6. The summed E-state index contributed by atoms with van der Waals surface area (Å²) in [5.41, 5.74) is 1.25. The first-order valence-corrected chi connectivity index (χ1v) is 10.3. The van der Waals surface area contributed by atoms with Crippen LogP contribution in [0.3, 0.4) is 0 Å². The third-order valence-electron chi connectivity index (χ3n) is 5.01. The summed E-state index contributed by atoms with van der Waals surface area (Å²) in [5, 5.41) is 9.79. The van der Waals surface area contributed by atoms with Crippen molar-refractivity contribution in [1.29, 1.82) is 0 Å². The normalized spacial score (nSPS) is 15.6. The molecule has 0 fully saturated rings. The minimum absolute atomic E-state index is 0.0467. The molecule has 1 aliphatic heterocycles. The highest BCUT2D eigenvalue weighted by atomic mass is 32.1. The fraction of sp³-hybridized carbons (Fsp3) is 0.182. The minimum atomic E-state index is -0.656. The molecule has 3 heterocycles. The number of hydrogen-bond donors (Lipinski definition) is 0. The average molecular weight is 419 g/mol. The van der Waals surface area contributed by atoms with Crippen LogP contribution in [0.15, 0.2) is 57.7 Å². The zero-order valence-electron chi connectivity index (χ0n) is 16.3. The lowest BCUT2D eigenvalue weighted by molar-refractivity contribution is 0.0970. The van der Waals surface area contributed by atoms with Crippen molar-refractivity contribution in [3.8, 4) is 5.75 Å². The van der Waals surface area contributed by atoms with Crippen LogP contribution < -0.4 is 15.1 Å². The monoisotopic (exact) mass is 419 g/mol. The van der Waals surface area contributed by atoms with E-state index < -0.39 is 11.9 Å². The highest BCUT2D eigenvalue weighted by Gasteiger charge is 2.45. The van der Waals surface area contributed by atoms with E-state index in [1.54, 1.807) is 24.3 Å². The quantitative estimate of drug-likeness (QED) is 0.495. The minimum Gasteiger partial charge on any atom is -0.494 e. The van der Waals surface area contributed by atoms with Gasteiger partial charge < -0.3 is 9.15 Å². The van der Waals surface area contributed by atoms with E-state index >= 15 is 0 Å². The van der Waals surface area contributed by atoms with Crippen LogP contribution in [-0.2, 0) is 0 Å². The van der Waals surface area contributed by atoms with Gasteiger partial charge in [0.25, 0.3) is 5.91 Å². The first-order valence-electron chi connectivity index (χ1n) is 9.50. The molecular weight excluding hydrogens is 402 g/mol. The lowest BCUT2D eigenvalue weighted by Gasteiger charge is -2.22. The number of para-hydroxylation sites is 1. The predicted molar refractivity (Wildman–Crippen MR) is 113 cm³/mol. The van der Waals surface area contributed by atoms with Gasteiger partial charge in [0.1, 0.15) is 16.3 Å². The Bertz CT molecular complexity index is 1330. The number of rotatable bonds is 4. The zero-order chi connectivity index (χ0) is 20.8. The standard InChI is InChI=1S/C22H17N3O4S/c1-3-28-14-10-8-13(9-11-14)18-17-19(26)15-6-4-5-7-16(15)29-20(17)21(27)25(18)22-24-23-12(2)30-22/h4-11,18H,3H2,1-2H3. The Balaban J connectivity index is 1.75. The maximum absolute atomic E-state index is 13.4. The number of carbonyl (C=O) groups excluding carboxylic acids is 1. The highest BCUT2D eigenvalue weighted by molar-refractivity contribution is 7.15. The van der Waals surface area contributed by atoms with E-state index in [2.05, 4.69) is 10.2 Å². The molecule has 0 aliphatic carbocycles. The Morgan fingerprint density at radius 2 is 1.87 bits per heavy atom. The van der Waals surface area contributed by atoms with E-state index in [9.17, 15) is 9.59 Å². The van der Waals surface area contributed by atoms with Crippen molar-refractivity contribution in [2.24, 2.45) is 0 Å². The molecule has 1 atom stereocenters. The van der Waals surface area contributed by atoms with Crippen LogP contribution in [0.5, 0.6) is 5.75 Å². The van der Waals surface area contributed by atoms with Crippen molar-refractivity contribution in [1.82, 2.24) is 10.2 Å². The Morgan fingerprint density at radius 3 is 2.57 bits per heavy atom. The van der Waals surface area contributed by atoms with Crippen molar-refractivity contribution in [2.45, 2.75) is 19.9 Å². The number of ether oxygens (including phenoxy) is 1. The van der Waals surface area contributed by atoms with Crippen molar-refractivity contribution < 1.29 is 13.9 Å². The maximum atomic E-state index is 13.4. The molecule has 2 aromatic heterocycles. The lowest BCUT2D eigenvalue weighted by Crippen LogP contribution is -2.29. The van der Waals surface area contributed by atoms with Gasteiger partial charge in [-0.25, -0.2) is 0 Å². The van der Waals surface area contributed by atoms with Crippen LogP contribution in [0.2, 0.25) is 0 Å². The van der Waals surface area contributed by atoms with Gasteiger partial charge in [-0.05, 0) is 43.7 Å². The molecule has 2 aromatic carbocycles. The number of carbonyl (C=O) groups is 1. The summed E-state index contributed by atoms with van der Waals surface area (Å²) in [7, 11) is 0. The Morgan fingerprint density at radius 1 is 1.10 bits per heavy atom. The molecule has 7 nitrogen and oxygen atoms in total. The smallest absolute Gasteiger partial charge is 0.297 e. The average Bonchev–Trinajstić information content (AvgIpc) is 3.30. The van der Waals surface area contributed by atoms with Crippen molar-refractivity contribution >= 4 is 33.3 Å². The van der Waals surface area contributed by atoms with E-state index in [0.717, 1.165) is 16.3 Å². The molecule has 5 rings (SSSR count). The van der Waals surface area contributed by atoms with Crippen LogP contribution in [0, 0.1) is 6.92 Å². The van der Waals surface area contributed by atoms with E-state index in [1.165, 1.54) is 16.2 Å². The SMILES string of the molecule is CCOc1ccc(C2c3c(oc4ccccc4c3=O)C(=O)N2c2nnc(C)s2)cc1. The van der Waals surface area contributed by atoms with Gasteiger partial charge in [-0.3, -0.25) is 14.5 Å². The summed E-state index contributed by atoms with van der Waals surface area (Å²) >= 11 is 1.29. The van der Waals surface area contributed by atoms with Gasteiger partial charge in [0, 0.05) is 0 Å². The Kier molecular flexibility index (Phi) is 4.36. The number of benzene rings is 2. The molecule has 0 spiro atoms. The molecule has 4 aromatic rings. The third-order valence-corrected chi connectivity index (χ3v) is 5.84. The van der Waals surface area contributed by atoms with E-state index in [0.29, 0.717) is 28.3 Å². The van der Waals surface area contributed by atoms with Crippen molar-refractivity contribution in [2.75, 3.05) is 11.5 Å². The second kappa shape index (κ2) is 7.07. The zero-order valence-corrected chi connectivity index (χ0v) is 17.1. The van der Waals surface area contributed by atoms with Gasteiger partial charge in [-0.2, -0.15) is 0 Å². The van der Waals surface area contributed by atoms with Crippen molar-refractivity contribution in [3.63, 3.8) is 0 Å². The Hall–Kier alpha value is -3.52. The first kappa shape index (κ1) is 18.5. The molecule has 0 N–H and O–H groups in total. The maximum Gasteiger partial charge on any atom is 0.297 e. The van der Waals surface area contributed by atoms with Gasteiger partial charge in [-0.1, -0.05) is 35.6 Å². The largest absolute Gasteiger partial charge is 0.494 e. The second-order valence-corrected chi connectivity index (χ2v) is 8.01. The topological polar surface area (TPSA) is 85.5 Å². The molecule has 30 heavy (non-hydrogen) atoms. The van der Waals surface area contributed by atoms with Crippen LogP contribution in [0.1, 0.15) is 39.7 Å². The van der Waals surface area contributed by atoms with Gasteiger partial charge in [0.05, 0.1) is 23.6 Å². The number of hydrogen-bond acceptors (Lipinski definition) is 7. The van der Waals surface area contributed by atoms with Crippen molar-refractivity contribution in [3.05, 3.63) is 80.6 Å². The number of amides is 1. The highest BCUT2D eigenvalue weighted by Crippen LogP contribution is 2.42. The van der Waals surface area contributed by atoms with E-state index in [-0.39, 0.29) is 11.2 Å².